The quantitative estimate of drug-likeness (QED) is 0.872. The number of carbonyl (C=O) groups is 2. The minimum Gasteiger partial charge on any atom is -0.392 e. The Bertz CT molecular complexity index is 636. The van der Waals surface area contributed by atoms with Gasteiger partial charge in [0.1, 0.15) is 0 Å². The van der Waals surface area contributed by atoms with Crippen LogP contribution in [0.25, 0.3) is 0 Å². The number of benzene rings is 1. The van der Waals surface area contributed by atoms with Crippen LogP contribution in [0, 0.1) is 5.41 Å². The van der Waals surface area contributed by atoms with Crippen LogP contribution in [-0.2, 0) is 16.0 Å². The van der Waals surface area contributed by atoms with E-state index in [1.165, 1.54) is 0 Å². The lowest BCUT2D eigenvalue weighted by molar-refractivity contribution is -0.154. The topological polar surface area (TPSA) is 69.6 Å². The Kier molecular flexibility index (Phi) is 5.11. The van der Waals surface area contributed by atoms with Crippen molar-refractivity contribution in [3.8, 4) is 0 Å². The molecule has 2 saturated heterocycles. The van der Waals surface area contributed by atoms with Gasteiger partial charge in [-0.15, -0.1) is 0 Å². The standard InChI is InChI=1S/C18H23ClN2O3/c19-14-4-1-3-13(11-14)5-6-16(23)21-10-7-15(22)18(12-21)8-2-9-20-17(18)24/h1,3-4,11,15,22H,2,5-10,12H2,(H,20,24)/t15-,18+/m0/s1. The first-order valence-corrected chi connectivity index (χ1v) is 8.88. The second kappa shape index (κ2) is 7.11. The Morgan fingerprint density at radius 3 is 3.04 bits per heavy atom. The number of halogens is 1. The third-order valence-electron chi connectivity index (χ3n) is 5.19. The first-order valence-electron chi connectivity index (χ1n) is 8.50. The molecule has 0 unspecified atom stereocenters. The van der Waals surface area contributed by atoms with Crippen molar-refractivity contribution in [3.63, 3.8) is 0 Å². The van der Waals surface area contributed by atoms with Crippen molar-refractivity contribution in [2.75, 3.05) is 19.6 Å². The molecule has 2 heterocycles. The number of hydrogen-bond acceptors (Lipinski definition) is 3. The minimum absolute atomic E-state index is 0.0274. The third kappa shape index (κ3) is 3.42. The van der Waals surface area contributed by atoms with Gasteiger partial charge < -0.3 is 15.3 Å². The molecule has 130 valence electrons. The van der Waals surface area contributed by atoms with E-state index in [4.69, 9.17) is 11.6 Å². The second-order valence-corrected chi connectivity index (χ2v) is 7.20. The van der Waals surface area contributed by atoms with Crippen LogP contribution in [0.15, 0.2) is 24.3 Å². The zero-order valence-corrected chi connectivity index (χ0v) is 14.4. The third-order valence-corrected chi connectivity index (χ3v) is 5.43. The lowest BCUT2D eigenvalue weighted by atomic mass is 9.71. The number of rotatable bonds is 3. The summed E-state index contributed by atoms with van der Waals surface area (Å²) in [7, 11) is 0. The van der Waals surface area contributed by atoms with Crippen molar-refractivity contribution in [1.29, 1.82) is 0 Å². The van der Waals surface area contributed by atoms with E-state index in [0.717, 1.165) is 12.0 Å². The number of aliphatic hydroxyl groups is 1. The fourth-order valence-electron chi connectivity index (χ4n) is 3.76. The highest BCUT2D eigenvalue weighted by Gasteiger charge is 2.50. The number of amides is 2. The van der Waals surface area contributed by atoms with Crippen LogP contribution in [0.1, 0.15) is 31.2 Å². The van der Waals surface area contributed by atoms with Gasteiger partial charge in [-0.25, -0.2) is 0 Å². The number of likely N-dealkylation sites (tertiary alicyclic amines) is 1. The number of hydrogen-bond donors (Lipinski definition) is 2. The summed E-state index contributed by atoms with van der Waals surface area (Å²) >= 11 is 5.97. The average Bonchev–Trinajstić information content (AvgIpc) is 2.57. The van der Waals surface area contributed by atoms with Gasteiger partial charge in [-0.3, -0.25) is 9.59 Å². The summed E-state index contributed by atoms with van der Waals surface area (Å²) in [5.41, 5.74) is 0.195. The van der Waals surface area contributed by atoms with Crippen LogP contribution in [-0.4, -0.2) is 47.6 Å². The normalized spacial score (nSPS) is 27.2. The molecule has 24 heavy (non-hydrogen) atoms. The lowest BCUT2D eigenvalue weighted by Gasteiger charge is -2.46. The number of piperidine rings is 2. The van der Waals surface area contributed by atoms with Gasteiger partial charge in [0, 0.05) is 31.1 Å². The molecule has 0 aromatic heterocycles. The van der Waals surface area contributed by atoms with E-state index in [-0.39, 0.29) is 11.8 Å². The number of nitrogens with zero attached hydrogens (tertiary/aromatic N) is 1. The molecule has 1 aromatic rings. The van der Waals surface area contributed by atoms with E-state index in [1.807, 2.05) is 24.3 Å². The molecule has 0 bridgehead atoms. The van der Waals surface area contributed by atoms with E-state index in [2.05, 4.69) is 5.32 Å². The van der Waals surface area contributed by atoms with Gasteiger partial charge in [-0.1, -0.05) is 23.7 Å². The van der Waals surface area contributed by atoms with Crippen molar-refractivity contribution >= 4 is 23.4 Å². The first-order chi connectivity index (χ1) is 11.5. The smallest absolute Gasteiger partial charge is 0.230 e. The molecule has 0 radical (unpaired) electrons. The molecular formula is C18H23ClN2O3. The Morgan fingerprint density at radius 1 is 1.46 bits per heavy atom. The maximum Gasteiger partial charge on any atom is 0.230 e. The van der Waals surface area contributed by atoms with Gasteiger partial charge in [0.2, 0.25) is 11.8 Å². The minimum atomic E-state index is -0.831. The molecule has 2 amide bonds. The number of aliphatic hydroxyl groups excluding tert-OH is 1. The average molecular weight is 351 g/mol. The molecule has 3 rings (SSSR count). The summed E-state index contributed by atoms with van der Waals surface area (Å²) in [4.78, 5) is 26.7. The van der Waals surface area contributed by atoms with Crippen LogP contribution in [0.2, 0.25) is 5.02 Å². The highest BCUT2D eigenvalue weighted by atomic mass is 35.5. The van der Waals surface area contributed by atoms with Crippen molar-refractivity contribution in [3.05, 3.63) is 34.9 Å². The SMILES string of the molecule is O=C(CCc1cccc(Cl)c1)N1CC[C@H](O)[C@@]2(CCCNC2=O)C1. The summed E-state index contributed by atoms with van der Waals surface area (Å²) in [5.74, 6) is -0.0896. The van der Waals surface area contributed by atoms with Gasteiger partial charge in [-0.2, -0.15) is 0 Å². The van der Waals surface area contributed by atoms with Crippen LogP contribution >= 0.6 is 11.6 Å². The van der Waals surface area contributed by atoms with Gasteiger partial charge in [0.15, 0.2) is 0 Å². The Labute approximate surface area is 147 Å². The maximum absolute atomic E-state index is 12.6. The predicted molar refractivity (Wildman–Crippen MR) is 91.7 cm³/mol. The number of carbonyl (C=O) groups excluding carboxylic acids is 2. The number of nitrogens with one attached hydrogen (secondary N) is 1. The largest absolute Gasteiger partial charge is 0.392 e. The molecule has 0 aliphatic carbocycles. The second-order valence-electron chi connectivity index (χ2n) is 6.77. The van der Waals surface area contributed by atoms with Crippen molar-refractivity contribution in [2.45, 2.75) is 38.2 Å². The van der Waals surface area contributed by atoms with Crippen LogP contribution in [0.5, 0.6) is 0 Å². The molecule has 5 nitrogen and oxygen atoms in total. The maximum atomic E-state index is 12.6. The Balaban J connectivity index is 1.64. The van der Waals surface area contributed by atoms with Gasteiger partial charge in [0.05, 0.1) is 11.5 Å². The fraction of sp³-hybridized carbons (Fsp3) is 0.556. The highest BCUT2D eigenvalue weighted by Crippen LogP contribution is 2.37. The van der Waals surface area contributed by atoms with E-state index in [9.17, 15) is 14.7 Å². The van der Waals surface area contributed by atoms with Gasteiger partial charge in [-0.05, 0) is 43.4 Å². The van der Waals surface area contributed by atoms with E-state index >= 15 is 0 Å². The zero-order chi connectivity index (χ0) is 17.2. The van der Waals surface area contributed by atoms with E-state index < -0.39 is 11.5 Å². The monoisotopic (exact) mass is 350 g/mol. The fourth-order valence-corrected chi connectivity index (χ4v) is 3.97. The molecule has 0 saturated carbocycles. The molecule has 2 N–H and O–H groups in total. The van der Waals surface area contributed by atoms with Crippen LogP contribution in [0.3, 0.4) is 0 Å². The van der Waals surface area contributed by atoms with Gasteiger partial charge in [0.25, 0.3) is 0 Å². The lowest BCUT2D eigenvalue weighted by Crippen LogP contribution is -2.62. The predicted octanol–water partition coefficient (Wildman–Crippen LogP) is 1.76. The summed E-state index contributed by atoms with van der Waals surface area (Å²) in [6.07, 6.45) is 2.27. The zero-order valence-electron chi connectivity index (χ0n) is 13.6. The van der Waals surface area contributed by atoms with Crippen molar-refractivity contribution in [2.24, 2.45) is 5.41 Å². The first kappa shape index (κ1) is 17.2. The van der Waals surface area contributed by atoms with E-state index in [0.29, 0.717) is 50.3 Å². The van der Waals surface area contributed by atoms with Gasteiger partial charge >= 0.3 is 0 Å². The Hall–Kier alpha value is -1.59. The molecule has 1 aromatic carbocycles. The van der Waals surface area contributed by atoms with Crippen molar-refractivity contribution < 1.29 is 14.7 Å². The molecule has 2 atom stereocenters. The Morgan fingerprint density at radius 2 is 2.29 bits per heavy atom. The molecule has 2 aliphatic rings. The molecular weight excluding hydrogens is 328 g/mol. The molecule has 6 heteroatoms. The van der Waals surface area contributed by atoms with Crippen LogP contribution in [0.4, 0.5) is 0 Å². The summed E-state index contributed by atoms with van der Waals surface area (Å²) in [6, 6.07) is 7.51. The number of aryl methyl sites for hydroxylation is 1. The molecule has 2 fully saturated rings. The highest BCUT2D eigenvalue weighted by molar-refractivity contribution is 6.30. The van der Waals surface area contributed by atoms with Crippen molar-refractivity contribution in [1.82, 2.24) is 10.2 Å². The summed E-state index contributed by atoms with van der Waals surface area (Å²) in [6.45, 7) is 1.47. The van der Waals surface area contributed by atoms with E-state index in [1.54, 1.807) is 4.90 Å². The van der Waals surface area contributed by atoms with Crippen LogP contribution < -0.4 is 5.32 Å². The summed E-state index contributed by atoms with van der Waals surface area (Å²) < 4.78 is 0. The molecule has 2 aliphatic heterocycles. The summed E-state index contributed by atoms with van der Waals surface area (Å²) in [5, 5.41) is 13.9. The molecule has 1 spiro atoms.